The first kappa shape index (κ1) is 70.7. The molecule has 0 bridgehead atoms. The third-order valence-electron chi connectivity index (χ3n) is 11.1. The summed E-state index contributed by atoms with van der Waals surface area (Å²) in [4.78, 5) is 62.8. The molecule has 16 nitrogen and oxygen atoms in total. The zero-order valence-corrected chi connectivity index (χ0v) is 44.7. The van der Waals surface area contributed by atoms with Gasteiger partial charge in [-0.2, -0.15) is 0 Å². The number of carbonyl (C=O) groups excluding carboxylic acids is 4. The molecule has 0 heterocycles. The van der Waals surface area contributed by atoms with Crippen molar-refractivity contribution in [1.29, 1.82) is 0 Å². The van der Waals surface area contributed by atoms with E-state index >= 15 is 0 Å². The van der Waals surface area contributed by atoms with E-state index in [4.69, 9.17) is 31.2 Å². The molecule has 0 radical (unpaired) electrons. The van der Waals surface area contributed by atoms with Crippen molar-refractivity contribution in [3.63, 3.8) is 0 Å². The van der Waals surface area contributed by atoms with E-state index in [1.165, 1.54) is 164 Å². The van der Waals surface area contributed by atoms with Gasteiger partial charge in [0.1, 0.15) is 0 Å². The molecule has 2 aromatic carbocycles. The van der Waals surface area contributed by atoms with Gasteiger partial charge >= 0.3 is 33.7 Å². The third kappa shape index (κ3) is 48.9. The Morgan fingerprint density at radius 2 is 0.620 bits per heavy atom. The Morgan fingerprint density at radius 1 is 0.408 bits per heavy atom. The zero-order valence-electron chi connectivity index (χ0n) is 43.2. The summed E-state index contributed by atoms with van der Waals surface area (Å²) in [5.41, 5.74) is 12.0. The number of carboxylic acids is 6. The normalized spacial score (nSPS) is 11.4. The predicted octanol–water partition coefficient (Wildman–Crippen LogP) is 7.13. The van der Waals surface area contributed by atoms with Crippen LogP contribution in [-0.2, 0) is 50.4 Å². The first-order valence-corrected chi connectivity index (χ1v) is 25.5. The molecule has 0 aliphatic carbocycles. The molecule has 0 spiro atoms. The minimum absolute atomic E-state index is 0. The molecule has 0 aliphatic heterocycles. The van der Waals surface area contributed by atoms with Crippen LogP contribution >= 0.6 is 0 Å². The van der Waals surface area contributed by atoms with Gasteiger partial charge in [-0.1, -0.05) is 206 Å². The van der Waals surface area contributed by atoms with E-state index in [-0.39, 0.29) is 32.8 Å². The molecular weight excluding hydrogens is 948 g/mol. The number of benzene rings is 2. The zero-order chi connectivity index (χ0) is 53.0. The van der Waals surface area contributed by atoms with Gasteiger partial charge in [-0.25, -0.2) is 9.59 Å². The molecule has 6 N–H and O–H groups in total. The number of nitrogens with two attached hydrogens (primary N) is 2. The summed E-state index contributed by atoms with van der Waals surface area (Å²) in [6.07, 6.45) is 27.9. The molecule has 2 atom stereocenters. The van der Waals surface area contributed by atoms with Crippen LogP contribution in [0.4, 0.5) is 11.4 Å². The van der Waals surface area contributed by atoms with Crippen molar-refractivity contribution >= 4 is 47.2 Å². The van der Waals surface area contributed by atoms with Crippen LogP contribution < -0.4 is 31.9 Å². The maximum atomic E-state index is 10.9. The molecule has 2 rings (SSSR count). The van der Waals surface area contributed by atoms with Crippen LogP contribution in [0, 0.1) is 11.8 Å². The largest absolute Gasteiger partial charge is 4.00 e. The number of unbranched alkanes of at least 4 members (excludes halogenated alkanes) is 20. The van der Waals surface area contributed by atoms with Gasteiger partial charge in [0.25, 0.3) is 0 Å². The first-order chi connectivity index (χ1) is 33.3. The summed E-state index contributed by atoms with van der Waals surface area (Å²) < 4.78 is 9.63. The fourth-order valence-corrected chi connectivity index (χ4v) is 7.08. The molecule has 71 heavy (non-hydrogen) atoms. The van der Waals surface area contributed by atoms with Crippen molar-refractivity contribution in [3.8, 4) is 0 Å². The van der Waals surface area contributed by atoms with Gasteiger partial charge in [0.2, 0.25) is 0 Å². The average Bonchev–Trinajstić information content (AvgIpc) is 3.29. The van der Waals surface area contributed by atoms with E-state index in [2.05, 4.69) is 27.7 Å². The van der Waals surface area contributed by atoms with Crippen molar-refractivity contribution in [3.05, 3.63) is 59.7 Å². The van der Waals surface area contributed by atoms with Crippen molar-refractivity contribution in [2.75, 3.05) is 24.7 Å². The number of rotatable bonds is 38. The standard InChI is InChI=1S/2C20H38O5.2C7H7NO2.Ti/c2*1-17(2)14-12-10-8-6-4-3-5-7-9-11-13-15-18(20(23)24)25-16-19(21)22;2*8-6-3-1-5(2-4-6)7(9)10;/h2*17-18H,3-16H2,1-2H3,(H,21,22)(H,23,24);2*1-4H,8H2,(H,9,10);/q;;;;+4/p-4. The SMILES string of the molecule is CC(C)CCCCCCCCCCCCCC(OCC(=O)[O-])C(=O)O.CC(C)CCCCCCCCCCCCCC(OCC(=O)[O-])C(=O)O.Nc1ccc(C(=O)[O-])cc1.Nc1ccc(C(=O)[O-])cc1.[Ti+4]. The van der Waals surface area contributed by atoms with Crippen molar-refractivity contribution < 1.29 is 90.6 Å². The average molecular weight is 1040 g/mol. The maximum absolute atomic E-state index is 10.9. The quantitative estimate of drug-likeness (QED) is 0.0295. The van der Waals surface area contributed by atoms with Gasteiger partial charge < -0.3 is 70.8 Å². The monoisotopic (exact) mass is 1030 g/mol. The fourth-order valence-electron chi connectivity index (χ4n) is 7.08. The number of carbonyl (C=O) groups is 6. The van der Waals surface area contributed by atoms with Crippen LogP contribution in [-0.4, -0.2) is 71.5 Å². The van der Waals surface area contributed by atoms with Crippen LogP contribution in [0.2, 0.25) is 0 Å². The van der Waals surface area contributed by atoms with E-state index in [0.29, 0.717) is 24.2 Å². The molecular formula is C54H86N2O14Ti. The van der Waals surface area contributed by atoms with Crippen molar-refractivity contribution in [2.45, 2.75) is 207 Å². The molecule has 2 unspecified atom stereocenters. The maximum Gasteiger partial charge on any atom is 4.00 e. The van der Waals surface area contributed by atoms with E-state index in [9.17, 15) is 49.2 Å². The Balaban J connectivity index is -0.000000933. The van der Waals surface area contributed by atoms with Crippen molar-refractivity contribution in [2.24, 2.45) is 11.8 Å². The number of ether oxygens (including phenoxy) is 2. The Morgan fingerprint density at radius 3 is 0.803 bits per heavy atom. The number of nitrogen functional groups attached to an aromatic ring is 2. The smallest absolute Gasteiger partial charge is 0.548 e. The van der Waals surface area contributed by atoms with E-state index in [1.807, 2.05) is 0 Å². The molecule has 0 aromatic heterocycles. The Kier molecular flexibility index (Phi) is 47.6. The number of anilines is 2. The minimum Gasteiger partial charge on any atom is -0.548 e. The molecule has 2 aromatic rings. The number of aromatic carboxylic acids is 2. The number of aliphatic carboxylic acids is 4. The van der Waals surface area contributed by atoms with E-state index in [0.717, 1.165) is 50.4 Å². The van der Waals surface area contributed by atoms with Crippen LogP contribution in [0.1, 0.15) is 215 Å². The molecule has 0 saturated heterocycles. The molecule has 0 saturated carbocycles. The Hall–Kier alpha value is -4.51. The van der Waals surface area contributed by atoms with Gasteiger partial charge in [-0.05, 0) is 60.1 Å². The molecule has 0 aliphatic rings. The van der Waals surface area contributed by atoms with Gasteiger partial charge in [0.05, 0.1) is 37.1 Å². The summed E-state index contributed by atoms with van der Waals surface area (Å²) in [5, 5.41) is 58.8. The van der Waals surface area contributed by atoms with Crippen LogP contribution in [0.5, 0.6) is 0 Å². The molecule has 0 amide bonds. The van der Waals surface area contributed by atoms with Gasteiger partial charge in [-0.15, -0.1) is 0 Å². The molecule has 400 valence electrons. The Labute approximate surface area is 438 Å². The second-order valence-corrected chi connectivity index (χ2v) is 18.6. The van der Waals surface area contributed by atoms with E-state index in [1.54, 1.807) is 0 Å². The van der Waals surface area contributed by atoms with Crippen molar-refractivity contribution in [1.82, 2.24) is 0 Å². The summed E-state index contributed by atoms with van der Waals surface area (Å²) in [5.74, 6) is -5.68. The van der Waals surface area contributed by atoms with Gasteiger partial charge in [0.15, 0.2) is 12.2 Å². The summed E-state index contributed by atoms with van der Waals surface area (Å²) in [6.45, 7) is 7.80. The summed E-state index contributed by atoms with van der Waals surface area (Å²) in [6, 6.07) is 11.7. The summed E-state index contributed by atoms with van der Waals surface area (Å²) in [7, 11) is 0. The van der Waals surface area contributed by atoms with Gasteiger partial charge in [-0.3, -0.25) is 0 Å². The molecule has 0 fully saturated rings. The number of hydrogen-bond donors (Lipinski definition) is 4. The number of hydrogen-bond acceptors (Lipinski definition) is 14. The topological polar surface area (TPSA) is 306 Å². The van der Waals surface area contributed by atoms with E-state index < -0.39 is 61.2 Å². The van der Waals surface area contributed by atoms with Crippen LogP contribution in [0.25, 0.3) is 0 Å². The van der Waals surface area contributed by atoms with Crippen LogP contribution in [0.3, 0.4) is 0 Å². The number of carboxylic acid groups (broad SMARTS) is 6. The second kappa shape index (κ2) is 47.8. The van der Waals surface area contributed by atoms with Gasteiger partial charge in [0, 0.05) is 11.4 Å². The third-order valence-corrected chi connectivity index (χ3v) is 11.1. The second-order valence-electron chi connectivity index (χ2n) is 18.6. The summed E-state index contributed by atoms with van der Waals surface area (Å²) >= 11 is 0. The van der Waals surface area contributed by atoms with Crippen LogP contribution in [0.15, 0.2) is 48.5 Å². The first-order valence-electron chi connectivity index (χ1n) is 25.5. The predicted molar refractivity (Wildman–Crippen MR) is 265 cm³/mol. The Bertz CT molecular complexity index is 1540. The molecule has 17 heteroatoms. The minimum atomic E-state index is -1.38. The fraction of sp³-hybridized carbons (Fsp3) is 0.667.